The van der Waals surface area contributed by atoms with Gasteiger partial charge in [0.2, 0.25) is 5.91 Å². The maximum atomic E-state index is 14.0. The molecule has 198 valence electrons. The number of piperidine rings is 1. The first kappa shape index (κ1) is 26.5. The van der Waals surface area contributed by atoms with Gasteiger partial charge in [0, 0.05) is 44.0 Å². The number of amides is 2. The summed E-state index contributed by atoms with van der Waals surface area (Å²) in [6, 6.07) is 11.1. The second kappa shape index (κ2) is 12.1. The number of carboxylic acid groups (broad SMARTS) is 1. The lowest BCUT2D eigenvalue weighted by Gasteiger charge is -2.41. The van der Waals surface area contributed by atoms with E-state index in [0.29, 0.717) is 12.6 Å². The smallest absolute Gasteiger partial charge is 0.290 e. The zero-order valence-corrected chi connectivity index (χ0v) is 20.5. The van der Waals surface area contributed by atoms with E-state index in [1.807, 2.05) is 24.3 Å². The number of halogens is 2. The van der Waals surface area contributed by atoms with Gasteiger partial charge in [-0.2, -0.15) is 0 Å². The molecule has 0 bridgehead atoms. The van der Waals surface area contributed by atoms with Crippen molar-refractivity contribution in [1.82, 2.24) is 9.80 Å². The van der Waals surface area contributed by atoms with E-state index in [2.05, 4.69) is 4.90 Å². The van der Waals surface area contributed by atoms with E-state index >= 15 is 0 Å². The van der Waals surface area contributed by atoms with E-state index in [9.17, 15) is 18.4 Å². The SMILES string of the molecule is O=C(c1ccc(F)cc1F)N1CCN(c2ccc(OC3CCN(C4CCC4)CC3)cc2)C(=O)C1.O=CO. The van der Waals surface area contributed by atoms with Gasteiger partial charge >= 0.3 is 0 Å². The summed E-state index contributed by atoms with van der Waals surface area (Å²) >= 11 is 0. The molecule has 37 heavy (non-hydrogen) atoms. The van der Waals surface area contributed by atoms with Gasteiger partial charge in [-0.05, 0) is 62.1 Å². The maximum absolute atomic E-state index is 14.0. The van der Waals surface area contributed by atoms with E-state index < -0.39 is 17.5 Å². The van der Waals surface area contributed by atoms with Crippen molar-refractivity contribution in [1.29, 1.82) is 0 Å². The van der Waals surface area contributed by atoms with Crippen LogP contribution >= 0.6 is 0 Å². The molecule has 10 heteroatoms. The molecule has 1 aliphatic carbocycles. The average Bonchev–Trinajstić information content (AvgIpc) is 2.85. The summed E-state index contributed by atoms with van der Waals surface area (Å²) in [6.45, 7) is 2.33. The summed E-state index contributed by atoms with van der Waals surface area (Å²) in [7, 11) is 0. The summed E-state index contributed by atoms with van der Waals surface area (Å²) in [6.07, 6.45) is 6.29. The van der Waals surface area contributed by atoms with Gasteiger partial charge in [0.25, 0.3) is 12.4 Å². The third-order valence-electron chi connectivity index (χ3n) is 7.19. The van der Waals surface area contributed by atoms with Crippen LogP contribution in [0.3, 0.4) is 0 Å². The van der Waals surface area contributed by atoms with E-state index in [1.54, 1.807) is 4.90 Å². The zero-order valence-electron chi connectivity index (χ0n) is 20.5. The van der Waals surface area contributed by atoms with Crippen molar-refractivity contribution >= 4 is 24.0 Å². The van der Waals surface area contributed by atoms with Crippen molar-refractivity contribution in [3.63, 3.8) is 0 Å². The molecule has 0 atom stereocenters. The van der Waals surface area contributed by atoms with E-state index in [1.165, 1.54) is 24.2 Å². The van der Waals surface area contributed by atoms with Gasteiger partial charge in [0.15, 0.2) is 0 Å². The van der Waals surface area contributed by atoms with Gasteiger partial charge in [0.05, 0.1) is 5.56 Å². The van der Waals surface area contributed by atoms with Gasteiger partial charge in [-0.15, -0.1) is 0 Å². The molecule has 1 N–H and O–H groups in total. The second-order valence-electron chi connectivity index (χ2n) is 9.43. The lowest BCUT2D eigenvalue weighted by molar-refractivity contribution is -0.123. The number of hydrogen-bond acceptors (Lipinski definition) is 5. The Balaban J connectivity index is 0.00000102. The summed E-state index contributed by atoms with van der Waals surface area (Å²) in [5.41, 5.74) is 0.500. The molecular formula is C27H31F2N3O5. The molecule has 2 aromatic carbocycles. The fourth-order valence-electron chi connectivity index (χ4n) is 4.96. The number of carbonyl (C=O) groups is 3. The van der Waals surface area contributed by atoms with Crippen LogP contribution in [0.25, 0.3) is 0 Å². The van der Waals surface area contributed by atoms with Crippen molar-refractivity contribution in [3.05, 3.63) is 59.7 Å². The maximum Gasteiger partial charge on any atom is 0.290 e. The van der Waals surface area contributed by atoms with Crippen LogP contribution in [-0.2, 0) is 9.59 Å². The minimum atomic E-state index is -0.927. The first-order chi connectivity index (χ1) is 17.9. The third kappa shape index (κ3) is 6.43. The Morgan fingerprint density at radius 2 is 1.65 bits per heavy atom. The monoisotopic (exact) mass is 515 g/mol. The molecule has 2 saturated heterocycles. The lowest BCUT2D eigenvalue weighted by atomic mass is 9.90. The Kier molecular flexibility index (Phi) is 8.70. The van der Waals surface area contributed by atoms with Gasteiger partial charge < -0.3 is 24.5 Å². The lowest BCUT2D eigenvalue weighted by Crippen LogP contribution is -2.52. The van der Waals surface area contributed by atoms with Crippen LogP contribution in [0.2, 0.25) is 0 Å². The summed E-state index contributed by atoms with van der Waals surface area (Å²) in [4.78, 5) is 39.2. The van der Waals surface area contributed by atoms with E-state index in [0.717, 1.165) is 55.5 Å². The first-order valence-electron chi connectivity index (χ1n) is 12.5. The van der Waals surface area contributed by atoms with Crippen LogP contribution in [0, 0.1) is 11.6 Å². The summed E-state index contributed by atoms with van der Waals surface area (Å²) < 4.78 is 33.3. The Morgan fingerprint density at radius 1 is 0.973 bits per heavy atom. The van der Waals surface area contributed by atoms with Gasteiger partial charge in [-0.25, -0.2) is 8.78 Å². The molecule has 2 heterocycles. The van der Waals surface area contributed by atoms with E-state index in [4.69, 9.17) is 14.6 Å². The molecule has 0 aromatic heterocycles. The van der Waals surface area contributed by atoms with Gasteiger partial charge in [-0.1, -0.05) is 6.42 Å². The molecular weight excluding hydrogens is 484 g/mol. The number of carbonyl (C=O) groups excluding carboxylic acids is 2. The number of rotatable bonds is 5. The minimum absolute atomic E-state index is 0.159. The minimum Gasteiger partial charge on any atom is -0.490 e. The highest BCUT2D eigenvalue weighted by Crippen LogP contribution is 2.29. The highest BCUT2D eigenvalue weighted by Gasteiger charge is 2.31. The number of likely N-dealkylation sites (tertiary alicyclic amines) is 1. The highest BCUT2D eigenvalue weighted by atomic mass is 19.1. The van der Waals surface area contributed by atoms with Gasteiger partial charge in [0.1, 0.15) is 30.0 Å². The summed E-state index contributed by atoms with van der Waals surface area (Å²) in [5, 5.41) is 6.89. The molecule has 1 saturated carbocycles. The predicted octanol–water partition coefficient (Wildman–Crippen LogP) is 3.55. The molecule has 0 spiro atoms. The molecule has 0 unspecified atom stereocenters. The van der Waals surface area contributed by atoms with Crippen molar-refractivity contribution in [2.24, 2.45) is 0 Å². The van der Waals surface area contributed by atoms with E-state index in [-0.39, 0.29) is 37.1 Å². The topological polar surface area (TPSA) is 90.4 Å². The Bertz CT molecular complexity index is 1100. The van der Waals surface area contributed by atoms with Crippen molar-refractivity contribution in [2.45, 2.75) is 44.2 Å². The fraction of sp³-hybridized carbons (Fsp3) is 0.444. The van der Waals surface area contributed by atoms with Gasteiger partial charge in [-0.3, -0.25) is 14.4 Å². The quantitative estimate of drug-likeness (QED) is 0.613. The molecule has 3 fully saturated rings. The standard InChI is InChI=1S/C26H29F2N3O3.CH2O2/c27-18-4-9-23(24(28)16-18)26(33)30-14-15-31(25(32)17-30)20-5-7-21(8-6-20)34-22-10-12-29(13-11-22)19-2-1-3-19;2-1-3/h4-9,16,19,22H,1-3,10-15,17H2;1H,(H,2,3). The van der Waals surface area contributed by atoms with Crippen LogP contribution in [0.5, 0.6) is 5.75 Å². The molecule has 2 aliphatic heterocycles. The first-order valence-corrected chi connectivity index (χ1v) is 12.5. The fourth-order valence-corrected chi connectivity index (χ4v) is 4.96. The number of anilines is 1. The zero-order chi connectivity index (χ0) is 26.4. The van der Waals surface area contributed by atoms with Crippen LogP contribution < -0.4 is 9.64 Å². The number of ether oxygens (including phenoxy) is 1. The van der Waals surface area contributed by atoms with Crippen molar-refractivity contribution < 1.29 is 33.0 Å². The Morgan fingerprint density at radius 3 is 2.22 bits per heavy atom. The number of hydrogen-bond donors (Lipinski definition) is 1. The third-order valence-corrected chi connectivity index (χ3v) is 7.19. The summed E-state index contributed by atoms with van der Waals surface area (Å²) in [5.74, 6) is -1.75. The molecule has 5 rings (SSSR count). The van der Waals surface area contributed by atoms with Crippen LogP contribution in [0.15, 0.2) is 42.5 Å². The molecule has 3 aliphatic rings. The van der Waals surface area contributed by atoms with Crippen LogP contribution in [0.1, 0.15) is 42.5 Å². The number of benzene rings is 2. The molecule has 0 radical (unpaired) electrons. The Labute approximate surface area is 214 Å². The highest BCUT2D eigenvalue weighted by molar-refractivity contribution is 6.01. The number of piperazine rings is 1. The van der Waals surface area contributed by atoms with Crippen molar-refractivity contribution in [2.75, 3.05) is 37.6 Å². The molecule has 8 nitrogen and oxygen atoms in total. The number of nitrogens with zero attached hydrogens (tertiary/aromatic N) is 3. The average molecular weight is 516 g/mol. The normalized spacial score (nSPS) is 19.0. The second-order valence-corrected chi connectivity index (χ2v) is 9.43. The largest absolute Gasteiger partial charge is 0.490 e. The van der Waals surface area contributed by atoms with Crippen LogP contribution in [-0.4, -0.2) is 78.1 Å². The van der Waals surface area contributed by atoms with Crippen molar-refractivity contribution in [3.8, 4) is 5.75 Å². The molecule has 2 amide bonds. The Hall–Kier alpha value is -3.53. The predicted molar refractivity (Wildman–Crippen MR) is 133 cm³/mol. The van der Waals surface area contributed by atoms with Crippen LogP contribution in [0.4, 0.5) is 14.5 Å². The molecule has 2 aromatic rings.